The van der Waals surface area contributed by atoms with Crippen molar-refractivity contribution in [2.75, 3.05) is 5.43 Å². The zero-order valence-electron chi connectivity index (χ0n) is 6.20. The van der Waals surface area contributed by atoms with Crippen molar-refractivity contribution in [1.29, 1.82) is 0 Å². The van der Waals surface area contributed by atoms with E-state index in [1.807, 2.05) is 30.3 Å². The summed E-state index contributed by atoms with van der Waals surface area (Å²) in [6, 6.07) is 9.49. The van der Waals surface area contributed by atoms with E-state index in [1.54, 1.807) is 0 Å². The van der Waals surface area contributed by atoms with Crippen molar-refractivity contribution >= 4 is 29.9 Å². The average molecular weight is 209 g/mol. The molecule has 0 saturated carbocycles. The molecule has 0 aliphatic heterocycles. The molecule has 0 amide bonds. The summed E-state index contributed by atoms with van der Waals surface area (Å²) in [4.78, 5) is 0. The zero-order valence-corrected chi connectivity index (χ0v) is 7.77. The number of benzene rings is 1. The van der Waals surface area contributed by atoms with Crippen molar-refractivity contribution < 1.29 is 0 Å². The summed E-state index contributed by atoms with van der Waals surface area (Å²) in [6.45, 7) is 0. The maximum Gasteiger partial charge on any atom is 0.0502 e. The second-order valence-corrected chi connectivity index (χ2v) is 2.28. The minimum atomic E-state index is 0. The zero-order chi connectivity index (χ0) is 8.10. The molecule has 0 aliphatic carbocycles. The van der Waals surface area contributed by atoms with Crippen molar-refractivity contribution in [2.45, 2.75) is 0 Å². The van der Waals surface area contributed by atoms with Gasteiger partial charge in [-0.2, -0.15) is 0 Å². The Kier molecular flexibility index (Phi) is 5.79. The number of nitrogens with two attached hydrogens (primary N) is 1. The standard InChI is InChI=1S/C6H9ClN4.ClH/c7-11(8)10-9-6-4-2-1-3-5-6;/h1-5,9-10H,8H2;1H. The quantitative estimate of drug-likeness (QED) is 0.398. The van der Waals surface area contributed by atoms with Crippen LogP contribution in [0, 0.1) is 0 Å². The lowest BCUT2D eigenvalue weighted by Crippen LogP contribution is -2.39. The fourth-order valence-electron chi connectivity index (χ4n) is 0.639. The number of hydrogen-bond donors (Lipinski definition) is 3. The molecule has 0 atom stereocenters. The van der Waals surface area contributed by atoms with Gasteiger partial charge in [-0.3, -0.25) is 0 Å². The first-order valence-corrected chi connectivity index (χ1v) is 3.40. The lowest BCUT2D eigenvalue weighted by molar-refractivity contribution is 0.386. The van der Waals surface area contributed by atoms with Crippen LogP contribution in [0.5, 0.6) is 0 Å². The van der Waals surface area contributed by atoms with E-state index in [9.17, 15) is 0 Å². The minimum Gasteiger partial charge on any atom is -0.306 e. The summed E-state index contributed by atoms with van der Waals surface area (Å²) < 4.78 is 0.812. The molecule has 68 valence electrons. The molecule has 4 N–H and O–H groups in total. The van der Waals surface area contributed by atoms with Gasteiger partial charge < -0.3 is 5.43 Å². The number of hydrazine groups is 3. The second-order valence-electron chi connectivity index (χ2n) is 1.91. The smallest absolute Gasteiger partial charge is 0.0502 e. The lowest BCUT2D eigenvalue weighted by Gasteiger charge is -2.10. The molecule has 4 nitrogen and oxygen atoms in total. The molecule has 0 fully saturated rings. The monoisotopic (exact) mass is 208 g/mol. The van der Waals surface area contributed by atoms with Crippen LogP contribution in [0.1, 0.15) is 0 Å². The van der Waals surface area contributed by atoms with Crippen LogP contribution < -0.4 is 16.8 Å². The normalized spacial score (nSPS) is 9.25. The molecule has 0 bridgehead atoms. The third kappa shape index (κ3) is 4.38. The van der Waals surface area contributed by atoms with Crippen molar-refractivity contribution in [3.8, 4) is 0 Å². The fraction of sp³-hybridized carbons (Fsp3) is 0. The van der Waals surface area contributed by atoms with Gasteiger partial charge in [0, 0.05) is 11.8 Å². The molecule has 1 aromatic rings. The van der Waals surface area contributed by atoms with Gasteiger partial charge in [0.15, 0.2) is 0 Å². The molecule has 0 aliphatic rings. The number of rotatable bonds is 3. The van der Waals surface area contributed by atoms with Gasteiger partial charge >= 0.3 is 0 Å². The van der Waals surface area contributed by atoms with Crippen LogP contribution >= 0.6 is 24.2 Å². The number of hydrogen-bond acceptors (Lipinski definition) is 4. The van der Waals surface area contributed by atoms with Crippen molar-refractivity contribution in [3.63, 3.8) is 0 Å². The Bertz CT molecular complexity index is 204. The summed E-state index contributed by atoms with van der Waals surface area (Å²) in [6.07, 6.45) is 0. The van der Waals surface area contributed by atoms with Crippen LogP contribution in [-0.4, -0.2) is 4.64 Å². The van der Waals surface area contributed by atoms with Crippen LogP contribution in [0.25, 0.3) is 0 Å². The average Bonchev–Trinajstić information content (AvgIpc) is 2.03. The van der Waals surface area contributed by atoms with Gasteiger partial charge in [-0.25, -0.2) is 5.84 Å². The molecule has 6 heteroatoms. The molecular weight excluding hydrogens is 199 g/mol. The van der Waals surface area contributed by atoms with Crippen LogP contribution in [0.3, 0.4) is 0 Å². The Morgan fingerprint density at radius 2 is 1.83 bits per heavy atom. The largest absolute Gasteiger partial charge is 0.306 e. The Hall–Kier alpha value is -0.520. The Morgan fingerprint density at radius 3 is 2.33 bits per heavy atom. The van der Waals surface area contributed by atoms with E-state index in [0.29, 0.717) is 0 Å². The van der Waals surface area contributed by atoms with Gasteiger partial charge in [-0.05, 0) is 12.1 Å². The Morgan fingerprint density at radius 1 is 1.25 bits per heavy atom. The predicted molar refractivity (Wildman–Crippen MR) is 52.3 cm³/mol. The van der Waals surface area contributed by atoms with Crippen molar-refractivity contribution in [3.05, 3.63) is 30.3 Å². The maximum absolute atomic E-state index is 5.27. The second kappa shape index (κ2) is 6.05. The fourth-order valence-corrected chi connectivity index (χ4v) is 0.682. The number of para-hydroxylation sites is 1. The molecule has 0 saturated heterocycles. The maximum atomic E-state index is 5.27. The van der Waals surface area contributed by atoms with Gasteiger partial charge in [0.1, 0.15) is 0 Å². The summed E-state index contributed by atoms with van der Waals surface area (Å²) in [5, 5.41) is 0. The van der Waals surface area contributed by atoms with Crippen LogP contribution in [0.4, 0.5) is 5.69 Å². The molecule has 0 aromatic heterocycles. The van der Waals surface area contributed by atoms with E-state index in [-0.39, 0.29) is 12.4 Å². The van der Waals surface area contributed by atoms with E-state index in [0.717, 1.165) is 10.3 Å². The number of nitrogens with one attached hydrogen (secondary N) is 2. The van der Waals surface area contributed by atoms with Gasteiger partial charge in [0.25, 0.3) is 0 Å². The summed E-state index contributed by atoms with van der Waals surface area (Å²) in [5.74, 6) is 5.07. The van der Waals surface area contributed by atoms with E-state index >= 15 is 0 Å². The molecular formula is C6H10Cl2N4. The molecule has 12 heavy (non-hydrogen) atoms. The topological polar surface area (TPSA) is 53.3 Å². The first-order chi connectivity index (χ1) is 5.29. The highest BCUT2D eigenvalue weighted by molar-refractivity contribution is 6.12. The first kappa shape index (κ1) is 11.5. The Labute approximate surface area is 82.1 Å². The highest BCUT2D eigenvalue weighted by Gasteiger charge is 1.89. The van der Waals surface area contributed by atoms with E-state index in [4.69, 9.17) is 17.6 Å². The molecule has 1 rings (SSSR count). The molecule has 0 unspecified atom stereocenters. The molecule has 1 aromatic carbocycles. The molecule has 0 radical (unpaired) electrons. The minimum absolute atomic E-state index is 0. The predicted octanol–water partition coefficient (Wildman–Crippen LogP) is 1.27. The third-order valence-electron chi connectivity index (χ3n) is 1.08. The summed E-state index contributed by atoms with van der Waals surface area (Å²) >= 11 is 5.27. The van der Waals surface area contributed by atoms with Crippen molar-refractivity contribution in [1.82, 2.24) is 10.2 Å². The Balaban J connectivity index is 0.00000121. The number of anilines is 1. The van der Waals surface area contributed by atoms with Gasteiger partial charge in [-0.15, -0.1) is 17.9 Å². The van der Waals surface area contributed by atoms with Crippen LogP contribution in [0.15, 0.2) is 30.3 Å². The van der Waals surface area contributed by atoms with E-state index in [2.05, 4.69) is 11.0 Å². The highest BCUT2D eigenvalue weighted by Crippen LogP contribution is 2.02. The van der Waals surface area contributed by atoms with Crippen LogP contribution in [-0.2, 0) is 0 Å². The highest BCUT2D eigenvalue weighted by atomic mass is 35.5. The van der Waals surface area contributed by atoms with Gasteiger partial charge in [0.2, 0.25) is 0 Å². The number of halogens is 2. The third-order valence-corrected chi connectivity index (χ3v) is 1.17. The van der Waals surface area contributed by atoms with Crippen LogP contribution in [0.2, 0.25) is 0 Å². The van der Waals surface area contributed by atoms with Gasteiger partial charge in [0.05, 0.1) is 5.69 Å². The SMILES string of the molecule is Cl.NN(Cl)NNc1ccccc1. The first-order valence-electron chi connectivity index (χ1n) is 3.06. The van der Waals surface area contributed by atoms with Crippen molar-refractivity contribution in [2.24, 2.45) is 5.84 Å². The van der Waals surface area contributed by atoms with E-state index in [1.165, 1.54) is 0 Å². The van der Waals surface area contributed by atoms with E-state index < -0.39 is 0 Å². The molecule has 0 heterocycles. The summed E-state index contributed by atoms with van der Waals surface area (Å²) in [5.41, 5.74) is 6.14. The molecule has 0 spiro atoms. The number of nitrogens with zero attached hydrogens (tertiary/aromatic N) is 1. The van der Waals surface area contributed by atoms with Gasteiger partial charge in [-0.1, -0.05) is 22.8 Å². The lowest BCUT2D eigenvalue weighted by atomic mass is 10.3. The summed E-state index contributed by atoms with van der Waals surface area (Å²) in [7, 11) is 0.